The van der Waals surface area contributed by atoms with Gasteiger partial charge in [-0.05, 0) is 18.4 Å². The van der Waals surface area contributed by atoms with Crippen LogP contribution in [0.4, 0.5) is 0 Å². The maximum atomic E-state index is 11.4. The minimum absolute atomic E-state index is 0.0821. The highest BCUT2D eigenvalue weighted by atomic mass is 35.5. The highest BCUT2D eigenvalue weighted by molar-refractivity contribution is 6.19. The molecule has 2 nitrogen and oxygen atoms in total. The van der Waals surface area contributed by atoms with Crippen LogP contribution < -0.4 is 0 Å². The van der Waals surface area contributed by atoms with Gasteiger partial charge in [-0.3, -0.25) is 4.79 Å². The molecule has 0 bridgehead atoms. The first-order chi connectivity index (χ1) is 7.27. The fourth-order valence-electron chi connectivity index (χ4n) is 1.37. The van der Waals surface area contributed by atoms with Crippen LogP contribution in [0.1, 0.15) is 28.8 Å². The Morgan fingerprint density at radius 2 is 1.93 bits per heavy atom. The van der Waals surface area contributed by atoms with Gasteiger partial charge in [0.15, 0.2) is 5.78 Å². The molecule has 0 radical (unpaired) electrons. The minimum Gasteiger partial charge on any atom is -0.396 e. The lowest BCUT2D eigenvalue weighted by Crippen LogP contribution is -1.99. The predicted molar refractivity (Wildman–Crippen MR) is 61.5 cm³/mol. The van der Waals surface area contributed by atoms with Crippen molar-refractivity contribution in [2.45, 2.75) is 19.3 Å². The number of aliphatic hydroxyl groups is 1. The van der Waals surface area contributed by atoms with Crippen molar-refractivity contribution in [1.29, 1.82) is 0 Å². The average Bonchev–Trinajstić information content (AvgIpc) is 2.27. The van der Waals surface area contributed by atoms with E-state index < -0.39 is 0 Å². The summed E-state index contributed by atoms with van der Waals surface area (Å²) in [5.41, 5.74) is 1.86. The zero-order chi connectivity index (χ0) is 11.1. The van der Waals surface area contributed by atoms with Crippen LogP contribution in [0.5, 0.6) is 0 Å². The summed E-state index contributed by atoms with van der Waals surface area (Å²) in [4.78, 5) is 11.4. The number of aliphatic hydroxyl groups excluding tert-OH is 1. The van der Waals surface area contributed by atoms with Crippen LogP contribution in [0, 0.1) is 0 Å². The number of alkyl halides is 1. The quantitative estimate of drug-likeness (QED) is 0.598. The van der Waals surface area contributed by atoms with Gasteiger partial charge in [-0.1, -0.05) is 24.3 Å². The Labute approximate surface area is 94.9 Å². The van der Waals surface area contributed by atoms with E-state index in [1.807, 2.05) is 24.3 Å². The molecule has 0 aliphatic heterocycles. The van der Waals surface area contributed by atoms with Crippen molar-refractivity contribution in [1.82, 2.24) is 0 Å². The molecule has 1 N–H and O–H groups in total. The summed E-state index contributed by atoms with van der Waals surface area (Å²) in [6.45, 7) is 0.201. The topological polar surface area (TPSA) is 37.3 Å². The number of Topliss-reactive ketones (excluding diaryl/α,β-unsaturated/α-hetero) is 1. The van der Waals surface area contributed by atoms with Gasteiger partial charge in [-0.2, -0.15) is 0 Å². The van der Waals surface area contributed by atoms with Crippen LogP contribution in [0.3, 0.4) is 0 Å². The van der Waals surface area contributed by atoms with Crippen LogP contribution in [0.25, 0.3) is 0 Å². The summed E-state index contributed by atoms with van der Waals surface area (Å²) in [5.74, 6) is 0.448. The molecule has 0 unspecified atom stereocenters. The molecule has 1 aromatic carbocycles. The zero-order valence-electron chi connectivity index (χ0n) is 8.58. The third-order valence-corrected chi connectivity index (χ3v) is 2.41. The highest BCUT2D eigenvalue weighted by Gasteiger charge is 2.04. The van der Waals surface area contributed by atoms with Gasteiger partial charge in [0, 0.05) is 24.5 Å². The van der Waals surface area contributed by atoms with E-state index >= 15 is 0 Å². The summed E-state index contributed by atoms with van der Waals surface area (Å²) in [7, 11) is 0. The lowest BCUT2D eigenvalue weighted by Gasteiger charge is -2.02. The van der Waals surface area contributed by atoms with E-state index in [1.54, 1.807) is 0 Å². The molecule has 0 aliphatic rings. The molecule has 0 spiro atoms. The maximum absolute atomic E-state index is 11.4. The van der Waals surface area contributed by atoms with Gasteiger partial charge in [-0.25, -0.2) is 0 Å². The Balaban J connectivity index is 2.59. The van der Waals surface area contributed by atoms with E-state index in [0.717, 1.165) is 18.4 Å². The van der Waals surface area contributed by atoms with Crippen molar-refractivity contribution < 1.29 is 9.90 Å². The number of hydrogen-bond acceptors (Lipinski definition) is 2. The van der Waals surface area contributed by atoms with Gasteiger partial charge in [0.05, 0.1) is 0 Å². The van der Waals surface area contributed by atoms with Gasteiger partial charge >= 0.3 is 0 Å². The monoisotopic (exact) mass is 226 g/mol. The minimum atomic E-state index is 0.0821. The molecule has 15 heavy (non-hydrogen) atoms. The number of carbonyl (C=O) groups is 1. The molecule has 0 aromatic heterocycles. The third-order valence-electron chi connectivity index (χ3n) is 2.22. The van der Waals surface area contributed by atoms with Crippen LogP contribution in [-0.2, 0) is 6.42 Å². The van der Waals surface area contributed by atoms with Crippen LogP contribution in [0.15, 0.2) is 24.3 Å². The number of hydrogen-bond donors (Lipinski definition) is 1. The number of aryl methyl sites for hydroxylation is 1. The zero-order valence-corrected chi connectivity index (χ0v) is 9.33. The normalized spacial score (nSPS) is 10.3. The van der Waals surface area contributed by atoms with Crippen molar-refractivity contribution in [2.24, 2.45) is 0 Å². The lowest BCUT2D eigenvalue weighted by molar-refractivity contribution is 0.0989. The third kappa shape index (κ3) is 4.02. The Morgan fingerprint density at radius 1 is 1.27 bits per heavy atom. The molecule has 0 saturated heterocycles. The molecule has 0 aliphatic carbocycles. The molecule has 0 amide bonds. The van der Waals surface area contributed by atoms with E-state index in [4.69, 9.17) is 16.7 Å². The number of ketones is 1. The second kappa shape index (κ2) is 6.59. The van der Waals surface area contributed by atoms with Crippen LogP contribution in [-0.4, -0.2) is 23.4 Å². The fraction of sp³-hybridized carbons (Fsp3) is 0.417. The molecular weight excluding hydrogens is 212 g/mol. The van der Waals surface area contributed by atoms with E-state index in [-0.39, 0.29) is 12.4 Å². The van der Waals surface area contributed by atoms with Crippen molar-refractivity contribution in [2.75, 3.05) is 12.5 Å². The van der Waals surface area contributed by atoms with Gasteiger partial charge in [0.2, 0.25) is 0 Å². The van der Waals surface area contributed by atoms with Crippen molar-refractivity contribution in [3.8, 4) is 0 Å². The average molecular weight is 227 g/mol. The molecule has 1 aromatic rings. The Bertz CT molecular complexity index is 306. The Morgan fingerprint density at radius 3 is 2.47 bits per heavy atom. The summed E-state index contributed by atoms with van der Waals surface area (Å²) in [5, 5.41) is 8.67. The lowest BCUT2D eigenvalue weighted by atomic mass is 10.0. The van der Waals surface area contributed by atoms with E-state index in [9.17, 15) is 4.79 Å². The molecule has 0 fully saturated rings. The maximum Gasteiger partial charge on any atom is 0.164 e. The molecule has 82 valence electrons. The Hall–Kier alpha value is -0.860. The molecular formula is C12H15ClO2. The second-order valence-corrected chi connectivity index (χ2v) is 3.76. The summed E-state index contributed by atoms with van der Waals surface area (Å²) < 4.78 is 0. The van der Waals surface area contributed by atoms with Crippen LogP contribution >= 0.6 is 11.6 Å². The van der Waals surface area contributed by atoms with Crippen molar-refractivity contribution >= 4 is 17.4 Å². The smallest absolute Gasteiger partial charge is 0.164 e. The molecule has 0 saturated carbocycles. The first-order valence-electron chi connectivity index (χ1n) is 5.07. The van der Waals surface area contributed by atoms with Gasteiger partial charge < -0.3 is 5.11 Å². The molecule has 0 heterocycles. The SMILES string of the molecule is O=C(CCCl)c1ccc(CCCO)cc1. The van der Waals surface area contributed by atoms with E-state index in [0.29, 0.717) is 17.9 Å². The number of halogens is 1. The summed E-state index contributed by atoms with van der Waals surface area (Å²) in [6, 6.07) is 7.50. The van der Waals surface area contributed by atoms with Gasteiger partial charge in [-0.15, -0.1) is 11.6 Å². The van der Waals surface area contributed by atoms with Crippen molar-refractivity contribution in [3.05, 3.63) is 35.4 Å². The first-order valence-corrected chi connectivity index (χ1v) is 5.60. The second-order valence-electron chi connectivity index (χ2n) is 3.39. The van der Waals surface area contributed by atoms with E-state index in [2.05, 4.69) is 0 Å². The number of benzene rings is 1. The first kappa shape index (κ1) is 12.2. The number of carbonyl (C=O) groups excluding carboxylic acids is 1. The molecule has 0 atom stereocenters. The van der Waals surface area contributed by atoms with Crippen molar-refractivity contribution in [3.63, 3.8) is 0 Å². The predicted octanol–water partition coefficient (Wildman–Crippen LogP) is 2.42. The summed E-state index contributed by atoms with van der Waals surface area (Å²) >= 11 is 5.50. The Kier molecular flexibility index (Phi) is 5.37. The van der Waals surface area contributed by atoms with E-state index in [1.165, 1.54) is 0 Å². The van der Waals surface area contributed by atoms with Crippen LogP contribution in [0.2, 0.25) is 0 Å². The van der Waals surface area contributed by atoms with Gasteiger partial charge in [0.1, 0.15) is 0 Å². The van der Waals surface area contributed by atoms with Gasteiger partial charge in [0.25, 0.3) is 0 Å². The molecule has 1 rings (SSSR count). The number of rotatable bonds is 6. The fourth-order valence-corrected chi connectivity index (χ4v) is 1.54. The largest absolute Gasteiger partial charge is 0.396 e. The highest BCUT2D eigenvalue weighted by Crippen LogP contribution is 2.09. The standard InChI is InChI=1S/C12H15ClO2/c13-8-7-12(15)11-5-3-10(4-6-11)2-1-9-14/h3-6,14H,1-2,7-9H2. The molecule has 3 heteroatoms. The summed E-state index contributed by atoms with van der Waals surface area (Å²) in [6.07, 6.45) is 1.99.